The summed E-state index contributed by atoms with van der Waals surface area (Å²) >= 11 is 0. The average molecular weight is 309 g/mol. The van der Waals surface area contributed by atoms with Gasteiger partial charge in [0.25, 0.3) is 0 Å². The highest BCUT2D eigenvalue weighted by molar-refractivity contribution is 5.92. The Morgan fingerprint density at radius 3 is 2.87 bits per heavy atom. The molecule has 0 fully saturated rings. The van der Waals surface area contributed by atoms with Crippen molar-refractivity contribution in [3.05, 3.63) is 45.6 Å². The van der Waals surface area contributed by atoms with E-state index in [-0.39, 0.29) is 29.3 Å². The van der Waals surface area contributed by atoms with Crippen LogP contribution in [-0.2, 0) is 11.4 Å². The van der Waals surface area contributed by atoms with Crippen molar-refractivity contribution in [1.29, 1.82) is 5.26 Å². The van der Waals surface area contributed by atoms with Gasteiger partial charge in [0, 0.05) is 13.0 Å². The van der Waals surface area contributed by atoms with Crippen LogP contribution in [0.3, 0.4) is 0 Å². The van der Waals surface area contributed by atoms with Gasteiger partial charge in [-0.1, -0.05) is 6.07 Å². The van der Waals surface area contributed by atoms with Crippen molar-refractivity contribution < 1.29 is 14.3 Å². The van der Waals surface area contributed by atoms with E-state index in [2.05, 4.69) is 10.3 Å². The van der Waals surface area contributed by atoms with Crippen LogP contribution in [0, 0.1) is 11.3 Å². The van der Waals surface area contributed by atoms with Crippen molar-refractivity contribution in [3.63, 3.8) is 0 Å². The summed E-state index contributed by atoms with van der Waals surface area (Å²) in [7, 11) is 0. The van der Waals surface area contributed by atoms with Gasteiger partial charge in [-0.25, -0.2) is 4.98 Å². The van der Waals surface area contributed by atoms with E-state index in [1.165, 1.54) is 13.0 Å². The quantitative estimate of drug-likeness (QED) is 0.695. The average Bonchev–Trinajstić information content (AvgIpc) is 2.53. The molecule has 7 heteroatoms. The highest BCUT2D eigenvalue weighted by atomic mass is 16.3. The molecule has 1 aliphatic heterocycles. The lowest BCUT2D eigenvalue weighted by Crippen LogP contribution is -2.18. The summed E-state index contributed by atoms with van der Waals surface area (Å²) in [5.41, 5.74) is 0.981. The Balaban J connectivity index is 2.38. The van der Waals surface area contributed by atoms with Crippen LogP contribution in [0.4, 0.5) is 5.69 Å². The van der Waals surface area contributed by atoms with Gasteiger partial charge < -0.3 is 14.8 Å². The summed E-state index contributed by atoms with van der Waals surface area (Å²) in [4.78, 5) is 27.7. The molecule has 0 radical (unpaired) electrons. The molecule has 0 atom stereocenters. The fourth-order valence-electron chi connectivity index (χ4n) is 2.30. The number of carbonyl (C=O) groups is 1. The van der Waals surface area contributed by atoms with E-state index in [1.807, 2.05) is 6.07 Å². The number of amides is 1. The Labute approximate surface area is 130 Å². The molecule has 3 rings (SSSR count). The van der Waals surface area contributed by atoms with E-state index < -0.39 is 11.3 Å². The van der Waals surface area contributed by atoms with Gasteiger partial charge in [-0.3, -0.25) is 9.59 Å². The number of aliphatic hydroxyl groups is 1. The van der Waals surface area contributed by atoms with Crippen LogP contribution in [0.15, 0.2) is 33.5 Å². The standard InChI is InChI=1S/C16H11N3O4/c1-8(21)18-15-10(6-17)16-14(5-12(15)22)23-13-3-2-9(7-20)4-11(13)19-16/h2-5,20H,7H2,1H3,(H,18,21). The Morgan fingerprint density at radius 1 is 1.43 bits per heavy atom. The highest BCUT2D eigenvalue weighted by Crippen LogP contribution is 2.30. The van der Waals surface area contributed by atoms with Crippen molar-refractivity contribution in [2.24, 2.45) is 0 Å². The minimum absolute atomic E-state index is 0.0530. The molecule has 1 aromatic carbocycles. The Kier molecular flexibility index (Phi) is 3.52. The summed E-state index contributed by atoms with van der Waals surface area (Å²) < 4.78 is 5.62. The van der Waals surface area contributed by atoms with Crippen molar-refractivity contribution in [3.8, 4) is 17.5 Å². The third kappa shape index (κ3) is 2.52. The van der Waals surface area contributed by atoms with Crippen molar-refractivity contribution >= 4 is 22.7 Å². The summed E-state index contributed by atoms with van der Waals surface area (Å²) in [6.45, 7) is 1.09. The van der Waals surface area contributed by atoms with Gasteiger partial charge in [-0.05, 0) is 17.7 Å². The topological polar surface area (TPSA) is 116 Å². The molecule has 1 aromatic rings. The van der Waals surface area contributed by atoms with Crippen LogP contribution in [0.2, 0.25) is 0 Å². The second kappa shape index (κ2) is 5.51. The second-order valence-electron chi connectivity index (χ2n) is 4.94. The van der Waals surface area contributed by atoms with E-state index >= 15 is 0 Å². The number of hydrogen-bond donors (Lipinski definition) is 2. The summed E-state index contributed by atoms with van der Waals surface area (Å²) in [5.74, 6) is -0.303. The molecule has 7 nitrogen and oxygen atoms in total. The molecule has 2 aliphatic rings. The lowest BCUT2D eigenvalue weighted by Gasteiger charge is -2.11. The molecule has 0 saturated carbocycles. The Hall–Kier alpha value is -3.24. The summed E-state index contributed by atoms with van der Waals surface area (Å²) in [5, 5.41) is 20.9. The predicted octanol–water partition coefficient (Wildman–Crippen LogP) is 1.62. The number of hydrogen-bond acceptors (Lipinski definition) is 6. The van der Waals surface area contributed by atoms with Crippen LogP contribution in [0.5, 0.6) is 0 Å². The van der Waals surface area contributed by atoms with Gasteiger partial charge in [0.1, 0.15) is 28.5 Å². The van der Waals surface area contributed by atoms with Gasteiger partial charge in [0.15, 0.2) is 11.3 Å². The highest BCUT2D eigenvalue weighted by Gasteiger charge is 2.21. The van der Waals surface area contributed by atoms with Gasteiger partial charge in [0.05, 0.1) is 6.61 Å². The first-order valence-corrected chi connectivity index (χ1v) is 6.72. The number of anilines is 1. The fraction of sp³-hybridized carbons (Fsp3) is 0.125. The van der Waals surface area contributed by atoms with Crippen molar-refractivity contribution in [1.82, 2.24) is 4.98 Å². The van der Waals surface area contributed by atoms with Crippen LogP contribution >= 0.6 is 0 Å². The zero-order chi connectivity index (χ0) is 16.6. The van der Waals surface area contributed by atoms with Crippen LogP contribution in [0.1, 0.15) is 18.1 Å². The van der Waals surface area contributed by atoms with E-state index in [9.17, 15) is 20.0 Å². The lowest BCUT2D eigenvalue weighted by atomic mass is 10.1. The fourth-order valence-corrected chi connectivity index (χ4v) is 2.30. The maximum absolute atomic E-state index is 12.1. The van der Waals surface area contributed by atoms with E-state index in [1.54, 1.807) is 18.2 Å². The van der Waals surface area contributed by atoms with Gasteiger partial charge in [-0.15, -0.1) is 0 Å². The van der Waals surface area contributed by atoms with Gasteiger partial charge in [0.2, 0.25) is 11.3 Å². The van der Waals surface area contributed by atoms with Gasteiger partial charge in [-0.2, -0.15) is 5.26 Å². The minimum Gasteiger partial charge on any atom is -0.453 e. The normalized spacial score (nSPS) is 10.7. The first-order valence-electron chi connectivity index (χ1n) is 6.72. The van der Waals surface area contributed by atoms with E-state index in [0.717, 1.165) is 0 Å². The second-order valence-corrected chi connectivity index (χ2v) is 4.94. The van der Waals surface area contributed by atoms with Crippen LogP contribution in [-0.4, -0.2) is 16.0 Å². The summed E-state index contributed by atoms with van der Waals surface area (Å²) in [6, 6.07) is 8.01. The zero-order valence-electron chi connectivity index (χ0n) is 12.1. The number of nitriles is 1. The summed E-state index contributed by atoms with van der Waals surface area (Å²) in [6.07, 6.45) is 0. The van der Waals surface area contributed by atoms with E-state index in [0.29, 0.717) is 16.7 Å². The third-order valence-corrected chi connectivity index (χ3v) is 3.30. The molecule has 114 valence electrons. The molecular weight excluding hydrogens is 298 g/mol. The minimum atomic E-state index is -0.527. The zero-order valence-corrected chi connectivity index (χ0v) is 12.1. The number of nitrogens with one attached hydrogen (secondary N) is 1. The first kappa shape index (κ1) is 14.7. The van der Waals surface area contributed by atoms with Crippen molar-refractivity contribution in [2.75, 3.05) is 5.32 Å². The Bertz CT molecular complexity index is 1000. The van der Waals surface area contributed by atoms with Crippen LogP contribution in [0.25, 0.3) is 22.6 Å². The molecule has 0 saturated heterocycles. The molecule has 0 spiro atoms. The SMILES string of the molecule is CC(=O)Nc1c(C#N)c2nc3cc(CO)ccc3oc-2cc1=O. The molecule has 0 bridgehead atoms. The van der Waals surface area contributed by atoms with Crippen LogP contribution < -0.4 is 10.7 Å². The third-order valence-electron chi connectivity index (χ3n) is 3.30. The largest absolute Gasteiger partial charge is 0.453 e. The molecule has 0 unspecified atom stereocenters. The maximum Gasteiger partial charge on any atom is 0.221 e. The maximum atomic E-state index is 12.1. The van der Waals surface area contributed by atoms with Crippen molar-refractivity contribution in [2.45, 2.75) is 13.5 Å². The number of rotatable bonds is 2. The number of nitrogens with zero attached hydrogens (tertiary/aromatic N) is 2. The first-order chi connectivity index (χ1) is 11.0. The van der Waals surface area contributed by atoms with E-state index in [4.69, 9.17) is 4.42 Å². The number of fused-ring (bicyclic) bond motifs is 2. The Morgan fingerprint density at radius 2 is 2.22 bits per heavy atom. The lowest BCUT2D eigenvalue weighted by molar-refractivity contribution is -0.114. The number of aromatic nitrogens is 1. The number of benzene rings is 2. The molecule has 0 aromatic heterocycles. The molecule has 1 aliphatic carbocycles. The predicted molar refractivity (Wildman–Crippen MR) is 81.8 cm³/mol. The molecular formula is C16H11N3O4. The molecule has 1 heterocycles. The van der Waals surface area contributed by atoms with Gasteiger partial charge >= 0.3 is 0 Å². The monoisotopic (exact) mass is 309 g/mol. The molecule has 1 amide bonds. The number of aliphatic hydroxyl groups excluding tert-OH is 1. The smallest absolute Gasteiger partial charge is 0.221 e. The molecule has 2 N–H and O–H groups in total. The molecule has 23 heavy (non-hydrogen) atoms. The number of carbonyl (C=O) groups excluding carboxylic acids is 1.